The van der Waals surface area contributed by atoms with Crippen molar-refractivity contribution in [3.8, 4) is 0 Å². The third-order valence-electron chi connectivity index (χ3n) is 1.45. The molecule has 1 aliphatic rings. The third kappa shape index (κ3) is 2.47. The molecule has 1 rings (SSSR count). The van der Waals surface area contributed by atoms with Gasteiger partial charge in [0.25, 0.3) is 0 Å². The Morgan fingerprint density at radius 3 is 2.45 bits per heavy atom. The lowest BCUT2D eigenvalue weighted by Crippen LogP contribution is -2.36. The lowest BCUT2D eigenvalue weighted by molar-refractivity contribution is 0.257. The first-order chi connectivity index (χ1) is 5.12. The number of carbonyl (C=O) groups excluding carboxylic acids is 1. The highest BCUT2D eigenvalue weighted by Gasteiger charge is 2.14. The SMILES string of the molecule is NC(=O)N=S1(=O)CCNCC1. The second kappa shape index (κ2) is 3.19. The van der Waals surface area contributed by atoms with E-state index in [2.05, 4.69) is 9.68 Å². The summed E-state index contributed by atoms with van der Waals surface area (Å²) in [5.41, 5.74) is 4.80. The molecule has 1 fully saturated rings. The molecule has 1 aliphatic heterocycles. The van der Waals surface area contributed by atoms with Crippen LogP contribution in [-0.2, 0) is 9.73 Å². The molecule has 64 valence electrons. The highest BCUT2D eigenvalue weighted by Crippen LogP contribution is 1.99. The molecular weight excluding hydrogens is 166 g/mol. The van der Waals surface area contributed by atoms with E-state index in [1.807, 2.05) is 0 Å². The minimum atomic E-state index is -2.30. The van der Waals surface area contributed by atoms with Gasteiger partial charge >= 0.3 is 6.03 Å². The van der Waals surface area contributed by atoms with Crippen LogP contribution in [0, 0.1) is 0 Å². The summed E-state index contributed by atoms with van der Waals surface area (Å²) in [6.07, 6.45) is 0. The lowest BCUT2D eigenvalue weighted by Gasteiger charge is -2.15. The Morgan fingerprint density at radius 1 is 1.45 bits per heavy atom. The zero-order chi connectivity index (χ0) is 8.32. The van der Waals surface area contributed by atoms with Gasteiger partial charge in [-0.15, -0.1) is 4.36 Å². The number of rotatable bonds is 0. The Hall–Kier alpha value is -0.620. The van der Waals surface area contributed by atoms with Gasteiger partial charge in [-0.25, -0.2) is 9.00 Å². The number of hydrogen-bond donors (Lipinski definition) is 2. The van der Waals surface area contributed by atoms with Crippen molar-refractivity contribution in [2.75, 3.05) is 24.6 Å². The van der Waals surface area contributed by atoms with Gasteiger partial charge < -0.3 is 11.1 Å². The third-order valence-corrected chi connectivity index (χ3v) is 3.65. The van der Waals surface area contributed by atoms with E-state index in [1.165, 1.54) is 0 Å². The largest absolute Gasteiger partial charge is 0.349 e. The summed E-state index contributed by atoms with van der Waals surface area (Å²) in [6, 6.07) is -0.822. The number of nitrogens with one attached hydrogen (secondary N) is 1. The highest BCUT2D eigenvalue weighted by molar-refractivity contribution is 7.94. The van der Waals surface area contributed by atoms with Crippen molar-refractivity contribution in [3.05, 3.63) is 0 Å². The number of amides is 2. The molecule has 0 aromatic heterocycles. The first-order valence-electron chi connectivity index (χ1n) is 3.35. The van der Waals surface area contributed by atoms with Crippen molar-refractivity contribution in [1.82, 2.24) is 5.32 Å². The first-order valence-corrected chi connectivity index (χ1v) is 5.20. The molecule has 6 heteroatoms. The van der Waals surface area contributed by atoms with Crippen LogP contribution in [0.5, 0.6) is 0 Å². The fourth-order valence-corrected chi connectivity index (χ4v) is 2.59. The molecule has 1 saturated heterocycles. The summed E-state index contributed by atoms with van der Waals surface area (Å²) in [7, 11) is -2.30. The van der Waals surface area contributed by atoms with Crippen molar-refractivity contribution < 1.29 is 9.00 Å². The minimum Gasteiger partial charge on any atom is -0.349 e. The number of nitrogens with zero attached hydrogens (tertiary/aromatic N) is 1. The average molecular weight is 177 g/mol. The van der Waals surface area contributed by atoms with Gasteiger partial charge in [0.2, 0.25) is 0 Å². The Morgan fingerprint density at radius 2 is 2.00 bits per heavy atom. The van der Waals surface area contributed by atoms with Crippen LogP contribution in [-0.4, -0.2) is 34.8 Å². The lowest BCUT2D eigenvalue weighted by atomic mass is 10.6. The summed E-state index contributed by atoms with van der Waals surface area (Å²) in [4.78, 5) is 10.3. The Kier molecular flexibility index (Phi) is 2.45. The van der Waals surface area contributed by atoms with Crippen molar-refractivity contribution in [2.24, 2.45) is 10.1 Å². The van der Waals surface area contributed by atoms with E-state index < -0.39 is 15.8 Å². The van der Waals surface area contributed by atoms with Crippen LogP contribution in [0.25, 0.3) is 0 Å². The summed E-state index contributed by atoms with van der Waals surface area (Å²) < 4.78 is 14.9. The van der Waals surface area contributed by atoms with Gasteiger partial charge in [0.15, 0.2) is 0 Å². The van der Waals surface area contributed by atoms with E-state index >= 15 is 0 Å². The molecule has 0 aliphatic carbocycles. The first kappa shape index (κ1) is 8.48. The van der Waals surface area contributed by atoms with E-state index in [0.29, 0.717) is 24.6 Å². The normalized spacial score (nSPS) is 22.5. The maximum Gasteiger partial charge on any atom is 0.346 e. The molecule has 0 unspecified atom stereocenters. The van der Waals surface area contributed by atoms with E-state index in [-0.39, 0.29) is 0 Å². The van der Waals surface area contributed by atoms with Crippen molar-refractivity contribution in [2.45, 2.75) is 0 Å². The second-order valence-corrected chi connectivity index (χ2v) is 4.90. The molecule has 0 radical (unpaired) electrons. The fraction of sp³-hybridized carbons (Fsp3) is 0.800. The maximum atomic E-state index is 11.5. The topological polar surface area (TPSA) is 84.6 Å². The molecular formula is C5H11N3O2S. The molecule has 3 N–H and O–H groups in total. The second-order valence-electron chi connectivity index (χ2n) is 2.36. The molecule has 0 spiro atoms. The van der Waals surface area contributed by atoms with Gasteiger partial charge in [-0.3, -0.25) is 0 Å². The highest BCUT2D eigenvalue weighted by atomic mass is 32.2. The number of carbonyl (C=O) groups is 1. The van der Waals surface area contributed by atoms with E-state index in [1.54, 1.807) is 0 Å². The van der Waals surface area contributed by atoms with Crippen LogP contribution in [0.3, 0.4) is 0 Å². The molecule has 0 aromatic rings. The standard InChI is InChI=1S/C5H11N3O2S/c6-5(9)8-11(10)3-1-7-2-4-11/h7H,1-4H2,(H2,6,9). The smallest absolute Gasteiger partial charge is 0.346 e. The zero-order valence-corrected chi connectivity index (χ0v) is 6.89. The molecule has 1 heterocycles. The molecule has 0 aromatic carbocycles. The van der Waals surface area contributed by atoms with E-state index in [0.717, 1.165) is 0 Å². The van der Waals surface area contributed by atoms with Gasteiger partial charge in [0, 0.05) is 24.6 Å². The molecule has 0 bridgehead atoms. The maximum absolute atomic E-state index is 11.5. The van der Waals surface area contributed by atoms with Gasteiger partial charge in [-0.05, 0) is 0 Å². The zero-order valence-electron chi connectivity index (χ0n) is 6.08. The van der Waals surface area contributed by atoms with E-state index in [9.17, 15) is 9.00 Å². The van der Waals surface area contributed by atoms with Crippen LogP contribution in [0.15, 0.2) is 4.36 Å². The van der Waals surface area contributed by atoms with Crippen LogP contribution in [0.1, 0.15) is 0 Å². The Labute approximate surface area is 65.5 Å². The van der Waals surface area contributed by atoms with Gasteiger partial charge in [-0.1, -0.05) is 0 Å². The van der Waals surface area contributed by atoms with Crippen molar-refractivity contribution in [1.29, 1.82) is 0 Å². The van der Waals surface area contributed by atoms with E-state index in [4.69, 9.17) is 5.73 Å². The van der Waals surface area contributed by atoms with Crippen LogP contribution >= 0.6 is 0 Å². The number of hydrogen-bond acceptors (Lipinski definition) is 3. The monoisotopic (exact) mass is 177 g/mol. The summed E-state index contributed by atoms with van der Waals surface area (Å²) in [6.45, 7) is 1.30. The van der Waals surface area contributed by atoms with Crippen LogP contribution in [0.2, 0.25) is 0 Å². The number of urea groups is 1. The number of primary amides is 1. The molecule has 5 nitrogen and oxygen atoms in total. The minimum absolute atomic E-state index is 0.427. The quantitative estimate of drug-likeness (QED) is 0.504. The van der Waals surface area contributed by atoms with Gasteiger partial charge in [-0.2, -0.15) is 0 Å². The average Bonchev–Trinajstić information content (AvgIpc) is 1.85. The van der Waals surface area contributed by atoms with Gasteiger partial charge in [0.05, 0.1) is 9.73 Å². The Bertz CT molecular complexity index is 255. The predicted molar refractivity (Wildman–Crippen MR) is 42.8 cm³/mol. The van der Waals surface area contributed by atoms with Gasteiger partial charge in [0.1, 0.15) is 0 Å². The molecule has 2 amide bonds. The fourth-order valence-electron chi connectivity index (χ4n) is 0.946. The number of nitrogens with two attached hydrogens (primary N) is 1. The molecule has 11 heavy (non-hydrogen) atoms. The Balaban J connectivity index is 2.80. The summed E-state index contributed by atoms with van der Waals surface area (Å²) in [5.74, 6) is 0.853. The predicted octanol–water partition coefficient (Wildman–Crippen LogP) is -0.864. The molecule has 0 atom stereocenters. The summed E-state index contributed by atoms with van der Waals surface area (Å²) in [5, 5.41) is 3.02. The van der Waals surface area contributed by atoms with Crippen LogP contribution < -0.4 is 11.1 Å². The van der Waals surface area contributed by atoms with Crippen molar-refractivity contribution in [3.63, 3.8) is 0 Å². The molecule has 0 saturated carbocycles. The van der Waals surface area contributed by atoms with Crippen molar-refractivity contribution >= 4 is 15.8 Å². The summed E-state index contributed by atoms with van der Waals surface area (Å²) >= 11 is 0. The van der Waals surface area contributed by atoms with Crippen LogP contribution in [0.4, 0.5) is 4.79 Å².